The highest BCUT2D eigenvalue weighted by atomic mass is 32.2. The Kier molecular flexibility index (Phi) is 4.12. The molecule has 2 aliphatic heterocycles. The van der Waals surface area contributed by atoms with Crippen molar-refractivity contribution in [1.29, 1.82) is 0 Å². The Labute approximate surface area is 150 Å². The van der Waals surface area contributed by atoms with Crippen molar-refractivity contribution in [2.45, 2.75) is 13.0 Å². The topological polar surface area (TPSA) is 32.3 Å². The lowest BCUT2D eigenvalue weighted by Gasteiger charge is -2.19. The van der Waals surface area contributed by atoms with Crippen LogP contribution in [0.15, 0.2) is 53.4 Å². The highest BCUT2D eigenvalue weighted by molar-refractivity contribution is 8.26. The molecule has 0 atom stereocenters. The number of thioether (sulfide) groups is 1. The van der Waals surface area contributed by atoms with Crippen LogP contribution in [0.2, 0.25) is 0 Å². The van der Waals surface area contributed by atoms with Gasteiger partial charge in [-0.05, 0) is 35.3 Å². The summed E-state index contributed by atoms with van der Waals surface area (Å²) in [4.78, 5) is 14.8. The maximum absolute atomic E-state index is 11.7. The van der Waals surface area contributed by atoms with Crippen LogP contribution in [0.25, 0.3) is 6.08 Å². The van der Waals surface area contributed by atoms with Crippen LogP contribution in [0.4, 0.5) is 5.69 Å². The van der Waals surface area contributed by atoms with Gasteiger partial charge in [0.25, 0.3) is 5.91 Å². The van der Waals surface area contributed by atoms with E-state index in [9.17, 15) is 4.79 Å². The van der Waals surface area contributed by atoms with Crippen LogP contribution in [-0.4, -0.2) is 16.8 Å². The number of thiocarbonyl (C=S) groups is 1. The smallest absolute Gasteiger partial charge is 0.263 e. The van der Waals surface area contributed by atoms with Gasteiger partial charge in [0, 0.05) is 18.8 Å². The third-order valence-corrected chi connectivity index (χ3v) is 5.44. The largest absolute Gasteiger partial charge is 0.367 e. The van der Waals surface area contributed by atoms with Gasteiger partial charge < -0.3 is 10.2 Å². The van der Waals surface area contributed by atoms with Crippen LogP contribution >= 0.6 is 24.0 Å². The van der Waals surface area contributed by atoms with Crippen molar-refractivity contribution in [3.63, 3.8) is 0 Å². The average Bonchev–Trinajstić information content (AvgIpc) is 3.13. The predicted molar refractivity (Wildman–Crippen MR) is 104 cm³/mol. The number of para-hydroxylation sites is 1. The molecule has 1 saturated heterocycles. The molecule has 0 aromatic heterocycles. The first-order valence-corrected chi connectivity index (χ1v) is 9.08. The molecule has 2 aromatic rings. The van der Waals surface area contributed by atoms with E-state index in [-0.39, 0.29) is 5.91 Å². The van der Waals surface area contributed by atoms with E-state index in [1.807, 2.05) is 6.08 Å². The first-order chi connectivity index (χ1) is 11.7. The molecule has 0 unspecified atom stereocenters. The van der Waals surface area contributed by atoms with Gasteiger partial charge in [-0.15, -0.1) is 0 Å². The van der Waals surface area contributed by atoms with Gasteiger partial charge in [0.05, 0.1) is 4.91 Å². The van der Waals surface area contributed by atoms with Gasteiger partial charge in [-0.1, -0.05) is 66.4 Å². The molecular formula is C19H16N2OS2. The molecule has 1 N–H and O–H groups in total. The van der Waals surface area contributed by atoms with Gasteiger partial charge in [0.2, 0.25) is 0 Å². The van der Waals surface area contributed by atoms with E-state index in [0.29, 0.717) is 9.23 Å². The fourth-order valence-corrected chi connectivity index (χ4v) is 4.13. The molecule has 0 saturated carbocycles. The first kappa shape index (κ1) is 15.4. The highest BCUT2D eigenvalue weighted by Crippen LogP contribution is 2.29. The third-order valence-electron chi connectivity index (χ3n) is 4.28. The van der Waals surface area contributed by atoms with Crippen LogP contribution in [0, 0.1) is 0 Å². The SMILES string of the molecule is O=C1NC(=S)SC1=Cc1ccc(CN2CCc3ccccc32)cc1. The van der Waals surface area contributed by atoms with E-state index < -0.39 is 0 Å². The Hall–Kier alpha value is -2.11. The summed E-state index contributed by atoms with van der Waals surface area (Å²) in [5.74, 6) is -0.109. The second-order valence-electron chi connectivity index (χ2n) is 5.89. The maximum atomic E-state index is 11.7. The minimum Gasteiger partial charge on any atom is -0.367 e. The minimum absolute atomic E-state index is 0.109. The molecule has 3 nitrogen and oxygen atoms in total. The van der Waals surface area contributed by atoms with Crippen molar-refractivity contribution in [1.82, 2.24) is 5.32 Å². The lowest BCUT2D eigenvalue weighted by molar-refractivity contribution is -0.115. The van der Waals surface area contributed by atoms with Crippen molar-refractivity contribution in [3.8, 4) is 0 Å². The van der Waals surface area contributed by atoms with Crippen molar-refractivity contribution >= 4 is 46.0 Å². The molecule has 2 aliphatic rings. The molecule has 2 aromatic carbocycles. The summed E-state index contributed by atoms with van der Waals surface area (Å²) in [5.41, 5.74) is 5.06. The quantitative estimate of drug-likeness (QED) is 0.674. The molecule has 0 bridgehead atoms. The number of benzene rings is 2. The summed E-state index contributed by atoms with van der Waals surface area (Å²) in [6.07, 6.45) is 3.00. The van der Waals surface area contributed by atoms with Crippen molar-refractivity contribution in [2.24, 2.45) is 0 Å². The second-order valence-corrected chi connectivity index (χ2v) is 7.61. The van der Waals surface area contributed by atoms with Crippen LogP contribution in [-0.2, 0) is 17.8 Å². The van der Waals surface area contributed by atoms with Crippen molar-refractivity contribution < 1.29 is 4.79 Å². The molecule has 1 fully saturated rings. The maximum Gasteiger partial charge on any atom is 0.263 e. The molecule has 2 heterocycles. The van der Waals surface area contributed by atoms with E-state index in [1.54, 1.807) is 0 Å². The van der Waals surface area contributed by atoms with Crippen LogP contribution in [0.5, 0.6) is 0 Å². The van der Waals surface area contributed by atoms with Gasteiger partial charge in [-0.3, -0.25) is 4.79 Å². The Bertz CT molecular complexity index is 843. The molecule has 5 heteroatoms. The zero-order valence-electron chi connectivity index (χ0n) is 13.0. The number of fused-ring (bicyclic) bond motifs is 1. The number of hydrogen-bond acceptors (Lipinski definition) is 4. The number of carbonyl (C=O) groups is 1. The fourth-order valence-electron chi connectivity index (χ4n) is 3.08. The average molecular weight is 352 g/mol. The van der Waals surface area contributed by atoms with E-state index in [0.717, 1.165) is 25.1 Å². The molecule has 24 heavy (non-hydrogen) atoms. The fraction of sp³-hybridized carbons (Fsp3) is 0.158. The van der Waals surface area contributed by atoms with Crippen LogP contribution in [0.1, 0.15) is 16.7 Å². The lowest BCUT2D eigenvalue weighted by Crippen LogP contribution is -2.19. The molecule has 120 valence electrons. The standard InChI is InChI=1S/C19H16N2OS2/c22-18-17(24-19(23)20-18)11-13-5-7-14(8-6-13)12-21-10-9-15-3-1-2-4-16(15)21/h1-8,11H,9-10,12H2,(H,20,22,23). The summed E-state index contributed by atoms with van der Waals surface area (Å²) in [6.45, 7) is 1.98. The third kappa shape index (κ3) is 3.09. The van der Waals surface area contributed by atoms with Gasteiger partial charge in [-0.25, -0.2) is 0 Å². The van der Waals surface area contributed by atoms with E-state index >= 15 is 0 Å². The molecule has 0 spiro atoms. The molecule has 0 radical (unpaired) electrons. The van der Waals surface area contributed by atoms with Crippen LogP contribution in [0.3, 0.4) is 0 Å². The Morgan fingerprint density at radius 3 is 2.71 bits per heavy atom. The number of carbonyl (C=O) groups excluding carboxylic acids is 1. The second kappa shape index (κ2) is 6.42. The Morgan fingerprint density at radius 1 is 1.17 bits per heavy atom. The number of nitrogens with one attached hydrogen (secondary N) is 1. The number of rotatable bonds is 3. The van der Waals surface area contributed by atoms with Gasteiger partial charge in [0.15, 0.2) is 0 Å². The minimum atomic E-state index is -0.109. The van der Waals surface area contributed by atoms with Crippen molar-refractivity contribution in [2.75, 3.05) is 11.4 Å². The number of hydrogen-bond donors (Lipinski definition) is 1. The summed E-state index contributed by atoms with van der Waals surface area (Å²) < 4.78 is 0.524. The number of nitrogens with zero attached hydrogens (tertiary/aromatic N) is 1. The Morgan fingerprint density at radius 2 is 1.96 bits per heavy atom. The summed E-state index contributed by atoms with van der Waals surface area (Å²) >= 11 is 6.32. The van der Waals surface area contributed by atoms with Crippen molar-refractivity contribution in [3.05, 3.63) is 70.1 Å². The summed E-state index contributed by atoms with van der Waals surface area (Å²) in [6, 6.07) is 17.0. The van der Waals surface area contributed by atoms with Gasteiger partial charge in [0.1, 0.15) is 4.32 Å². The zero-order valence-corrected chi connectivity index (χ0v) is 14.6. The molecule has 0 aliphatic carbocycles. The summed E-state index contributed by atoms with van der Waals surface area (Å²) in [7, 11) is 0. The monoisotopic (exact) mass is 352 g/mol. The molecule has 1 amide bonds. The first-order valence-electron chi connectivity index (χ1n) is 7.86. The zero-order chi connectivity index (χ0) is 16.5. The normalized spacial score (nSPS) is 18.2. The number of anilines is 1. The van der Waals surface area contributed by atoms with Gasteiger partial charge in [-0.2, -0.15) is 0 Å². The van der Waals surface area contributed by atoms with Crippen LogP contribution < -0.4 is 10.2 Å². The predicted octanol–water partition coefficient (Wildman–Crippen LogP) is 3.74. The van der Waals surface area contributed by atoms with Gasteiger partial charge >= 0.3 is 0 Å². The highest BCUT2D eigenvalue weighted by Gasteiger charge is 2.22. The molecular weight excluding hydrogens is 336 g/mol. The molecule has 4 rings (SSSR count). The lowest BCUT2D eigenvalue weighted by atomic mass is 10.1. The van der Waals surface area contributed by atoms with E-state index in [4.69, 9.17) is 12.2 Å². The van der Waals surface area contributed by atoms with E-state index in [1.165, 1.54) is 28.6 Å². The summed E-state index contributed by atoms with van der Waals surface area (Å²) in [5, 5.41) is 2.64. The van der Waals surface area contributed by atoms with E-state index in [2.05, 4.69) is 58.7 Å². The Balaban J connectivity index is 1.48. The number of amides is 1.